The van der Waals surface area contributed by atoms with Gasteiger partial charge in [-0.15, -0.1) is 0 Å². The Hall–Kier alpha value is -0.880. The first-order valence-corrected chi connectivity index (χ1v) is 6.78. The zero-order valence-electron chi connectivity index (χ0n) is 10.3. The largest absolute Gasteiger partial charge is 0.303 e. The lowest BCUT2D eigenvalue weighted by Gasteiger charge is -2.53. The van der Waals surface area contributed by atoms with Crippen LogP contribution < -0.4 is 0 Å². The van der Waals surface area contributed by atoms with Crippen LogP contribution >= 0.6 is 0 Å². The van der Waals surface area contributed by atoms with Crippen molar-refractivity contribution in [2.24, 2.45) is 16.7 Å². The third-order valence-corrected chi connectivity index (χ3v) is 5.02. The molecule has 0 amide bonds. The molecule has 3 aliphatic rings. The second-order valence-corrected chi connectivity index (χ2v) is 6.51. The van der Waals surface area contributed by atoms with Crippen molar-refractivity contribution in [3.8, 4) is 6.07 Å². The van der Waals surface area contributed by atoms with Crippen LogP contribution in [-0.4, -0.2) is 30.8 Å². The number of hydrogen-bond donors (Lipinski definition) is 0. The van der Waals surface area contributed by atoms with Crippen LogP contribution in [0.15, 0.2) is 0 Å². The Labute approximate surface area is 103 Å². The molecule has 0 atom stereocenters. The Morgan fingerprint density at radius 1 is 1.24 bits per heavy atom. The SMILES string of the molecule is N#CC1(CN2CC3(CCC(C=O)CC3)C2)CC1. The van der Waals surface area contributed by atoms with Crippen molar-refractivity contribution in [3.05, 3.63) is 0 Å². The van der Waals surface area contributed by atoms with Gasteiger partial charge in [0.25, 0.3) is 0 Å². The van der Waals surface area contributed by atoms with Crippen LogP contribution in [0.2, 0.25) is 0 Å². The molecule has 1 saturated heterocycles. The number of carbonyl (C=O) groups is 1. The van der Waals surface area contributed by atoms with E-state index in [1.165, 1.54) is 25.9 Å². The Kier molecular flexibility index (Phi) is 2.52. The molecule has 0 N–H and O–H groups in total. The molecular formula is C14H20N2O. The van der Waals surface area contributed by atoms with Gasteiger partial charge in [0.1, 0.15) is 6.29 Å². The molecule has 0 aromatic heterocycles. The predicted molar refractivity (Wildman–Crippen MR) is 64.2 cm³/mol. The summed E-state index contributed by atoms with van der Waals surface area (Å²) in [4.78, 5) is 13.2. The fourth-order valence-electron chi connectivity index (χ4n) is 3.60. The molecule has 3 fully saturated rings. The van der Waals surface area contributed by atoms with Crippen LogP contribution in [0.5, 0.6) is 0 Å². The van der Waals surface area contributed by atoms with E-state index in [1.54, 1.807) is 0 Å². The van der Waals surface area contributed by atoms with Gasteiger partial charge in [0.2, 0.25) is 0 Å². The zero-order valence-corrected chi connectivity index (χ0v) is 10.3. The average Bonchev–Trinajstić information content (AvgIpc) is 3.09. The van der Waals surface area contributed by atoms with E-state index < -0.39 is 0 Å². The predicted octanol–water partition coefficient (Wildman–Crippen LogP) is 1.98. The second kappa shape index (κ2) is 3.81. The molecule has 0 aromatic rings. The molecule has 3 heteroatoms. The highest BCUT2D eigenvalue weighted by Crippen LogP contribution is 2.50. The molecule has 1 spiro atoms. The van der Waals surface area contributed by atoms with Gasteiger partial charge in [-0.3, -0.25) is 0 Å². The van der Waals surface area contributed by atoms with Crippen LogP contribution in [-0.2, 0) is 4.79 Å². The molecule has 0 radical (unpaired) electrons. The maximum Gasteiger partial charge on any atom is 0.123 e. The van der Waals surface area contributed by atoms with Gasteiger partial charge >= 0.3 is 0 Å². The molecule has 2 aliphatic carbocycles. The van der Waals surface area contributed by atoms with E-state index >= 15 is 0 Å². The highest BCUT2D eigenvalue weighted by atomic mass is 16.1. The summed E-state index contributed by atoms with van der Waals surface area (Å²) in [6, 6.07) is 2.47. The molecule has 1 heterocycles. The standard InChI is InChI=1S/C14H20N2O/c15-8-13(5-6-13)9-16-10-14(11-16)3-1-12(7-17)2-4-14/h7,12H,1-6,9-11H2. The summed E-state index contributed by atoms with van der Waals surface area (Å²) in [6.07, 6.45) is 7.93. The first-order valence-electron chi connectivity index (χ1n) is 6.78. The molecule has 3 rings (SSSR count). The lowest BCUT2D eigenvalue weighted by molar-refractivity contribution is -0.114. The number of carbonyl (C=O) groups excluding carboxylic acids is 1. The lowest BCUT2D eigenvalue weighted by atomic mass is 9.66. The summed E-state index contributed by atoms with van der Waals surface area (Å²) in [6.45, 7) is 3.33. The average molecular weight is 232 g/mol. The molecule has 17 heavy (non-hydrogen) atoms. The Bertz CT molecular complexity index is 351. The van der Waals surface area contributed by atoms with Gasteiger partial charge in [-0.2, -0.15) is 5.26 Å². The maximum atomic E-state index is 10.7. The normalized spacial score (nSPS) is 30.5. The van der Waals surface area contributed by atoms with Crippen LogP contribution in [0.4, 0.5) is 0 Å². The minimum atomic E-state index is 0.0155. The lowest BCUT2D eigenvalue weighted by Crippen LogP contribution is -2.58. The van der Waals surface area contributed by atoms with E-state index in [9.17, 15) is 4.79 Å². The van der Waals surface area contributed by atoms with Crippen LogP contribution in [0, 0.1) is 28.1 Å². The smallest absolute Gasteiger partial charge is 0.123 e. The summed E-state index contributed by atoms with van der Waals surface area (Å²) in [7, 11) is 0. The van der Waals surface area contributed by atoms with Crippen LogP contribution in [0.1, 0.15) is 38.5 Å². The van der Waals surface area contributed by atoms with Crippen molar-refractivity contribution in [3.63, 3.8) is 0 Å². The summed E-state index contributed by atoms with van der Waals surface area (Å²) < 4.78 is 0. The molecule has 0 bridgehead atoms. The highest BCUT2D eigenvalue weighted by Gasteiger charge is 2.51. The number of aldehydes is 1. The summed E-state index contributed by atoms with van der Waals surface area (Å²) in [5.74, 6) is 0.323. The molecule has 0 aromatic carbocycles. The fourth-order valence-corrected chi connectivity index (χ4v) is 3.60. The van der Waals surface area contributed by atoms with Crippen LogP contribution in [0.25, 0.3) is 0 Å². The molecule has 2 saturated carbocycles. The summed E-state index contributed by atoms with van der Waals surface area (Å²) in [5, 5.41) is 9.08. The minimum absolute atomic E-state index is 0.0155. The molecule has 1 aliphatic heterocycles. The van der Waals surface area contributed by atoms with E-state index in [-0.39, 0.29) is 5.41 Å². The maximum absolute atomic E-state index is 10.7. The van der Waals surface area contributed by atoms with Gasteiger partial charge in [0.15, 0.2) is 0 Å². The summed E-state index contributed by atoms with van der Waals surface area (Å²) in [5.41, 5.74) is 0.520. The van der Waals surface area contributed by atoms with E-state index in [2.05, 4.69) is 11.0 Å². The number of rotatable bonds is 3. The zero-order chi connectivity index (χ0) is 11.9. The van der Waals surface area contributed by atoms with E-state index in [4.69, 9.17) is 5.26 Å². The number of hydrogen-bond acceptors (Lipinski definition) is 3. The van der Waals surface area contributed by atoms with Gasteiger partial charge in [-0.05, 0) is 43.9 Å². The molecule has 0 unspecified atom stereocenters. The second-order valence-electron chi connectivity index (χ2n) is 6.51. The first-order chi connectivity index (χ1) is 8.19. The van der Waals surface area contributed by atoms with E-state index in [0.29, 0.717) is 11.3 Å². The quantitative estimate of drug-likeness (QED) is 0.699. The first kappa shape index (κ1) is 11.2. The van der Waals surface area contributed by atoms with Crippen LogP contribution in [0.3, 0.4) is 0 Å². The van der Waals surface area contributed by atoms with Gasteiger partial charge < -0.3 is 9.69 Å². The van der Waals surface area contributed by atoms with E-state index in [1.807, 2.05) is 0 Å². The van der Waals surface area contributed by atoms with Gasteiger partial charge in [-0.25, -0.2) is 0 Å². The number of likely N-dealkylation sites (tertiary alicyclic amines) is 1. The van der Waals surface area contributed by atoms with Crippen molar-refractivity contribution in [1.82, 2.24) is 4.90 Å². The molecule has 92 valence electrons. The molecule has 3 nitrogen and oxygen atoms in total. The van der Waals surface area contributed by atoms with E-state index in [0.717, 1.165) is 38.5 Å². The van der Waals surface area contributed by atoms with Crippen molar-refractivity contribution in [1.29, 1.82) is 5.26 Å². The monoisotopic (exact) mass is 232 g/mol. The summed E-state index contributed by atoms with van der Waals surface area (Å²) >= 11 is 0. The third kappa shape index (κ3) is 1.99. The number of nitriles is 1. The Morgan fingerprint density at radius 3 is 2.35 bits per heavy atom. The van der Waals surface area contributed by atoms with Crippen molar-refractivity contribution >= 4 is 6.29 Å². The van der Waals surface area contributed by atoms with Crippen molar-refractivity contribution < 1.29 is 4.79 Å². The highest BCUT2D eigenvalue weighted by molar-refractivity contribution is 5.53. The third-order valence-electron chi connectivity index (χ3n) is 5.02. The van der Waals surface area contributed by atoms with Crippen molar-refractivity contribution in [2.75, 3.05) is 19.6 Å². The molecular weight excluding hydrogens is 212 g/mol. The van der Waals surface area contributed by atoms with Gasteiger partial charge in [-0.1, -0.05) is 0 Å². The topological polar surface area (TPSA) is 44.1 Å². The van der Waals surface area contributed by atoms with Crippen molar-refractivity contribution in [2.45, 2.75) is 38.5 Å². The number of nitrogens with zero attached hydrogens (tertiary/aromatic N) is 2. The Balaban J connectivity index is 1.48. The Morgan fingerprint density at radius 2 is 1.88 bits per heavy atom. The van der Waals surface area contributed by atoms with Gasteiger partial charge in [0, 0.05) is 25.6 Å². The fraction of sp³-hybridized carbons (Fsp3) is 0.857. The van der Waals surface area contributed by atoms with Gasteiger partial charge in [0.05, 0.1) is 11.5 Å². The minimum Gasteiger partial charge on any atom is -0.303 e.